The fourth-order valence-electron chi connectivity index (χ4n) is 3.16. The van der Waals surface area contributed by atoms with Gasteiger partial charge in [0.05, 0.1) is 16.0 Å². The van der Waals surface area contributed by atoms with Gasteiger partial charge in [-0.3, -0.25) is 15.5 Å². The van der Waals surface area contributed by atoms with Crippen molar-refractivity contribution in [2.45, 2.75) is 17.7 Å². The predicted molar refractivity (Wildman–Crippen MR) is 105 cm³/mol. The van der Waals surface area contributed by atoms with Crippen LogP contribution in [0.1, 0.15) is 18.4 Å². The summed E-state index contributed by atoms with van der Waals surface area (Å²) in [5, 5.41) is 15.5. The van der Waals surface area contributed by atoms with Crippen molar-refractivity contribution in [3.05, 3.63) is 52.1 Å². The second-order valence-electron chi connectivity index (χ2n) is 6.53. The molecule has 1 N–H and O–H groups in total. The Labute approximate surface area is 166 Å². The zero-order valence-corrected chi connectivity index (χ0v) is 16.1. The molecule has 1 fully saturated rings. The number of anilines is 1. The SMILES string of the molecule is O=[N+]([O-])c1cc(S(=O)(=O)N2CCCC2)ccc1NN=Cc1ccc2c(c1)OCO2. The number of fused-ring (bicyclic) bond motifs is 1. The third-order valence-corrected chi connectivity index (χ3v) is 6.56. The molecule has 29 heavy (non-hydrogen) atoms. The summed E-state index contributed by atoms with van der Waals surface area (Å²) >= 11 is 0. The highest BCUT2D eigenvalue weighted by Crippen LogP contribution is 2.32. The number of hydrazone groups is 1. The first-order valence-corrected chi connectivity index (χ1v) is 10.4. The molecule has 10 nitrogen and oxygen atoms in total. The van der Waals surface area contributed by atoms with E-state index < -0.39 is 14.9 Å². The number of benzene rings is 2. The Bertz CT molecular complexity index is 1080. The molecule has 1 saturated heterocycles. The molecule has 0 spiro atoms. The topological polar surface area (TPSA) is 123 Å². The Morgan fingerprint density at radius 2 is 1.86 bits per heavy atom. The quantitative estimate of drug-likeness (QED) is 0.434. The van der Waals surface area contributed by atoms with Crippen LogP contribution < -0.4 is 14.9 Å². The van der Waals surface area contributed by atoms with Crippen LogP contribution in [0.15, 0.2) is 46.4 Å². The minimum atomic E-state index is -3.74. The third-order valence-electron chi connectivity index (χ3n) is 4.66. The van der Waals surface area contributed by atoms with E-state index in [2.05, 4.69) is 10.5 Å². The van der Waals surface area contributed by atoms with Crippen LogP contribution in [-0.4, -0.2) is 43.7 Å². The molecule has 11 heteroatoms. The zero-order chi connectivity index (χ0) is 20.4. The lowest BCUT2D eigenvalue weighted by molar-refractivity contribution is -0.384. The van der Waals surface area contributed by atoms with E-state index in [0.29, 0.717) is 30.2 Å². The number of nitro groups is 1. The normalized spacial score (nSPS) is 16.4. The van der Waals surface area contributed by atoms with Crippen LogP contribution in [0.3, 0.4) is 0 Å². The maximum atomic E-state index is 12.6. The molecule has 0 bridgehead atoms. The lowest BCUT2D eigenvalue weighted by Crippen LogP contribution is -2.27. The Balaban J connectivity index is 1.55. The van der Waals surface area contributed by atoms with Gasteiger partial charge in [-0.15, -0.1) is 0 Å². The molecule has 0 saturated carbocycles. The van der Waals surface area contributed by atoms with Gasteiger partial charge in [0.2, 0.25) is 16.8 Å². The van der Waals surface area contributed by atoms with Gasteiger partial charge in [-0.25, -0.2) is 8.42 Å². The van der Waals surface area contributed by atoms with Crippen molar-refractivity contribution in [1.82, 2.24) is 4.31 Å². The average Bonchev–Trinajstić information content (AvgIpc) is 3.40. The summed E-state index contributed by atoms with van der Waals surface area (Å²) in [6, 6.07) is 8.99. The highest BCUT2D eigenvalue weighted by atomic mass is 32.2. The summed E-state index contributed by atoms with van der Waals surface area (Å²) in [6.45, 7) is 1.01. The van der Waals surface area contributed by atoms with Crippen molar-refractivity contribution in [3.8, 4) is 11.5 Å². The van der Waals surface area contributed by atoms with Crippen LogP contribution in [0.2, 0.25) is 0 Å². The van der Waals surface area contributed by atoms with Gasteiger partial charge in [0.25, 0.3) is 5.69 Å². The molecule has 0 atom stereocenters. The van der Waals surface area contributed by atoms with E-state index in [1.54, 1.807) is 18.2 Å². The van der Waals surface area contributed by atoms with Gasteiger partial charge in [-0.05, 0) is 48.7 Å². The standard InChI is InChI=1S/C18H18N4O6S/c23-22(24)16-10-14(29(25,26)21-7-1-2-8-21)4-5-15(16)20-19-11-13-3-6-17-18(9-13)28-12-27-17/h3-6,9-11,20H,1-2,7-8,12H2. The van der Waals surface area contributed by atoms with E-state index in [0.717, 1.165) is 18.9 Å². The van der Waals surface area contributed by atoms with E-state index >= 15 is 0 Å². The summed E-state index contributed by atoms with van der Waals surface area (Å²) in [4.78, 5) is 10.7. The minimum Gasteiger partial charge on any atom is -0.454 e. The molecule has 2 heterocycles. The summed E-state index contributed by atoms with van der Waals surface area (Å²) in [5.41, 5.74) is 3.04. The monoisotopic (exact) mass is 418 g/mol. The number of hydrogen-bond acceptors (Lipinski definition) is 8. The van der Waals surface area contributed by atoms with Crippen molar-refractivity contribution >= 4 is 27.6 Å². The van der Waals surface area contributed by atoms with Crippen molar-refractivity contribution in [2.24, 2.45) is 5.10 Å². The van der Waals surface area contributed by atoms with Crippen LogP contribution in [0.5, 0.6) is 11.5 Å². The second-order valence-corrected chi connectivity index (χ2v) is 8.47. The van der Waals surface area contributed by atoms with Crippen LogP contribution in [-0.2, 0) is 10.0 Å². The molecule has 0 amide bonds. The predicted octanol–water partition coefficient (Wildman–Crippen LogP) is 2.55. The number of rotatable bonds is 6. The van der Waals surface area contributed by atoms with Crippen molar-refractivity contribution in [1.29, 1.82) is 0 Å². The van der Waals surface area contributed by atoms with Crippen LogP contribution >= 0.6 is 0 Å². The van der Waals surface area contributed by atoms with Gasteiger partial charge >= 0.3 is 0 Å². The summed E-state index contributed by atoms with van der Waals surface area (Å²) in [5.74, 6) is 1.23. The summed E-state index contributed by atoms with van der Waals surface area (Å²) in [7, 11) is -3.74. The number of nitrogens with zero attached hydrogens (tertiary/aromatic N) is 3. The number of nitro benzene ring substituents is 1. The maximum Gasteiger partial charge on any atom is 0.295 e. The molecule has 0 radical (unpaired) electrons. The van der Waals surface area contributed by atoms with E-state index in [-0.39, 0.29) is 23.1 Å². The Morgan fingerprint density at radius 1 is 1.10 bits per heavy atom. The van der Waals surface area contributed by atoms with E-state index in [9.17, 15) is 18.5 Å². The van der Waals surface area contributed by atoms with E-state index in [1.807, 2.05) is 0 Å². The van der Waals surface area contributed by atoms with Gasteiger partial charge in [-0.2, -0.15) is 9.41 Å². The lowest BCUT2D eigenvalue weighted by Gasteiger charge is -2.15. The zero-order valence-electron chi connectivity index (χ0n) is 15.3. The molecular weight excluding hydrogens is 400 g/mol. The molecule has 152 valence electrons. The molecule has 0 aliphatic carbocycles. The van der Waals surface area contributed by atoms with Gasteiger partial charge in [-0.1, -0.05) is 0 Å². The van der Waals surface area contributed by atoms with Gasteiger partial charge in [0, 0.05) is 19.2 Å². The lowest BCUT2D eigenvalue weighted by atomic mass is 10.2. The molecule has 0 aromatic heterocycles. The summed E-state index contributed by atoms with van der Waals surface area (Å²) in [6.07, 6.45) is 3.05. The molecule has 0 unspecified atom stereocenters. The largest absolute Gasteiger partial charge is 0.454 e. The molecular formula is C18H18N4O6S. The molecule has 4 rings (SSSR count). The van der Waals surface area contributed by atoms with Crippen molar-refractivity contribution < 1.29 is 22.8 Å². The highest BCUT2D eigenvalue weighted by Gasteiger charge is 2.29. The van der Waals surface area contributed by atoms with Gasteiger partial charge in [0.15, 0.2) is 11.5 Å². The first kappa shape index (κ1) is 19.2. The summed E-state index contributed by atoms with van der Waals surface area (Å²) < 4.78 is 37.2. The van der Waals surface area contributed by atoms with Crippen LogP contribution in [0.4, 0.5) is 11.4 Å². The molecule has 2 aromatic carbocycles. The Kier molecular flexibility index (Phi) is 5.07. The van der Waals surface area contributed by atoms with E-state index in [4.69, 9.17) is 9.47 Å². The number of nitrogens with one attached hydrogen (secondary N) is 1. The average molecular weight is 418 g/mol. The van der Waals surface area contributed by atoms with Crippen molar-refractivity contribution in [2.75, 3.05) is 25.3 Å². The molecule has 2 aromatic rings. The van der Waals surface area contributed by atoms with Gasteiger partial charge < -0.3 is 9.47 Å². The van der Waals surface area contributed by atoms with Gasteiger partial charge in [0.1, 0.15) is 5.69 Å². The Morgan fingerprint density at radius 3 is 2.62 bits per heavy atom. The smallest absolute Gasteiger partial charge is 0.295 e. The maximum absolute atomic E-state index is 12.6. The first-order chi connectivity index (χ1) is 13.9. The van der Waals surface area contributed by atoms with Crippen LogP contribution in [0, 0.1) is 10.1 Å². The van der Waals surface area contributed by atoms with E-state index in [1.165, 1.54) is 22.7 Å². The number of ether oxygens (including phenoxy) is 2. The fourth-order valence-corrected chi connectivity index (χ4v) is 4.70. The van der Waals surface area contributed by atoms with Crippen molar-refractivity contribution in [3.63, 3.8) is 0 Å². The number of sulfonamides is 1. The minimum absolute atomic E-state index is 0.0902. The Hall–Kier alpha value is -3.18. The first-order valence-electron chi connectivity index (χ1n) is 8.92. The third kappa shape index (κ3) is 3.87. The second kappa shape index (κ2) is 7.68. The number of hydrogen-bond donors (Lipinski definition) is 1. The highest BCUT2D eigenvalue weighted by molar-refractivity contribution is 7.89. The van der Waals surface area contributed by atoms with Crippen LogP contribution in [0.25, 0.3) is 0 Å². The molecule has 2 aliphatic heterocycles. The molecule has 2 aliphatic rings. The fraction of sp³-hybridized carbons (Fsp3) is 0.278.